The highest BCUT2D eigenvalue weighted by atomic mass is 16.5. The van der Waals surface area contributed by atoms with Crippen LogP contribution in [0.3, 0.4) is 0 Å². The molecule has 0 aromatic rings. The van der Waals surface area contributed by atoms with Crippen LogP contribution < -0.4 is 11.1 Å². The van der Waals surface area contributed by atoms with Crippen molar-refractivity contribution in [1.29, 1.82) is 0 Å². The Morgan fingerprint density at radius 3 is 2.68 bits per heavy atom. The first kappa shape index (κ1) is 16.4. The first-order chi connectivity index (χ1) is 8.82. The smallest absolute Gasteiger partial charge is 0.238 e. The number of rotatable bonds is 7. The fourth-order valence-electron chi connectivity index (χ4n) is 2.97. The van der Waals surface area contributed by atoms with Crippen LogP contribution in [0.1, 0.15) is 59.8 Å². The number of carbonyl (C=O) groups is 1. The molecule has 2 unspecified atom stereocenters. The Bertz CT molecular complexity index is 299. The molecule has 19 heavy (non-hydrogen) atoms. The summed E-state index contributed by atoms with van der Waals surface area (Å²) >= 11 is 0. The molecule has 2 atom stereocenters. The molecule has 0 aromatic heterocycles. The molecule has 0 bridgehead atoms. The van der Waals surface area contributed by atoms with Crippen molar-refractivity contribution in [3.63, 3.8) is 0 Å². The normalized spacial score (nSPS) is 27.7. The summed E-state index contributed by atoms with van der Waals surface area (Å²) in [7, 11) is 0. The van der Waals surface area contributed by atoms with Crippen molar-refractivity contribution in [1.82, 2.24) is 5.32 Å². The van der Waals surface area contributed by atoms with E-state index >= 15 is 0 Å². The van der Waals surface area contributed by atoms with Crippen LogP contribution in [0.15, 0.2) is 0 Å². The summed E-state index contributed by atoms with van der Waals surface area (Å²) in [6.07, 6.45) is 4.91. The minimum atomic E-state index is -0.503. The summed E-state index contributed by atoms with van der Waals surface area (Å²) in [5.74, 6) is 0.109. The van der Waals surface area contributed by atoms with Gasteiger partial charge in [-0.1, -0.05) is 13.3 Å². The van der Waals surface area contributed by atoms with Crippen LogP contribution in [0, 0.1) is 5.92 Å². The molecule has 1 rings (SSSR count). The first-order valence-corrected chi connectivity index (χ1v) is 7.50. The van der Waals surface area contributed by atoms with Gasteiger partial charge in [-0.2, -0.15) is 0 Å². The van der Waals surface area contributed by atoms with Gasteiger partial charge in [0, 0.05) is 6.61 Å². The van der Waals surface area contributed by atoms with Crippen LogP contribution in [-0.4, -0.2) is 30.2 Å². The molecule has 1 aliphatic carbocycles. The number of primary amides is 1. The summed E-state index contributed by atoms with van der Waals surface area (Å²) in [4.78, 5) is 11.9. The zero-order chi connectivity index (χ0) is 14.5. The number of nitrogens with two attached hydrogens (primary N) is 1. The van der Waals surface area contributed by atoms with Gasteiger partial charge in [-0.25, -0.2) is 0 Å². The van der Waals surface area contributed by atoms with Gasteiger partial charge in [0.2, 0.25) is 5.91 Å². The molecule has 0 radical (unpaired) electrons. The summed E-state index contributed by atoms with van der Waals surface area (Å²) < 4.78 is 5.79. The lowest BCUT2D eigenvalue weighted by Crippen LogP contribution is -2.58. The zero-order valence-electron chi connectivity index (χ0n) is 12.9. The Balaban J connectivity index is 2.61. The molecule has 4 nitrogen and oxygen atoms in total. The highest BCUT2D eigenvalue weighted by molar-refractivity contribution is 5.85. The lowest BCUT2D eigenvalue weighted by Gasteiger charge is -2.34. The van der Waals surface area contributed by atoms with Gasteiger partial charge in [-0.15, -0.1) is 0 Å². The predicted molar refractivity (Wildman–Crippen MR) is 77.9 cm³/mol. The highest BCUT2D eigenvalue weighted by Gasteiger charge is 2.46. The third-order valence-electron chi connectivity index (χ3n) is 3.95. The van der Waals surface area contributed by atoms with Gasteiger partial charge in [-0.05, 0) is 58.9 Å². The van der Waals surface area contributed by atoms with Gasteiger partial charge in [-0.3, -0.25) is 4.79 Å². The van der Waals surface area contributed by atoms with Crippen molar-refractivity contribution in [3.8, 4) is 0 Å². The molecule has 4 heteroatoms. The van der Waals surface area contributed by atoms with E-state index in [-0.39, 0.29) is 11.5 Å². The van der Waals surface area contributed by atoms with E-state index in [4.69, 9.17) is 10.5 Å². The highest BCUT2D eigenvalue weighted by Crippen LogP contribution is 2.38. The van der Waals surface area contributed by atoms with E-state index in [9.17, 15) is 4.79 Å². The summed E-state index contributed by atoms with van der Waals surface area (Å²) in [5, 5.41) is 3.41. The van der Waals surface area contributed by atoms with Crippen molar-refractivity contribution in [2.45, 2.75) is 70.9 Å². The molecular formula is C15H30N2O2. The molecule has 0 saturated heterocycles. The monoisotopic (exact) mass is 270 g/mol. The van der Waals surface area contributed by atoms with E-state index < -0.39 is 5.54 Å². The lowest BCUT2D eigenvalue weighted by molar-refractivity contribution is -0.126. The zero-order valence-corrected chi connectivity index (χ0v) is 12.9. The Morgan fingerprint density at radius 2 is 2.16 bits per heavy atom. The fraction of sp³-hybridized carbons (Fsp3) is 0.933. The van der Waals surface area contributed by atoms with Gasteiger partial charge in [0.05, 0.1) is 5.60 Å². The fourth-order valence-corrected chi connectivity index (χ4v) is 2.97. The van der Waals surface area contributed by atoms with Gasteiger partial charge >= 0.3 is 0 Å². The average molecular weight is 270 g/mol. The van der Waals surface area contributed by atoms with Crippen molar-refractivity contribution in [2.24, 2.45) is 11.7 Å². The van der Waals surface area contributed by atoms with Crippen LogP contribution in [-0.2, 0) is 9.53 Å². The van der Waals surface area contributed by atoms with E-state index in [1.165, 1.54) is 0 Å². The second kappa shape index (κ2) is 6.71. The molecular weight excluding hydrogens is 240 g/mol. The van der Waals surface area contributed by atoms with Gasteiger partial charge < -0.3 is 15.8 Å². The second-order valence-corrected chi connectivity index (χ2v) is 6.60. The number of hydrogen-bond acceptors (Lipinski definition) is 3. The maximum Gasteiger partial charge on any atom is 0.238 e. The molecule has 1 saturated carbocycles. The van der Waals surface area contributed by atoms with Crippen molar-refractivity contribution in [2.75, 3.05) is 13.2 Å². The Hall–Kier alpha value is -0.610. The largest absolute Gasteiger partial charge is 0.376 e. The standard InChI is InChI=1S/C15H30N2O2/c1-5-10-17-15(13(16)18)9-6-7-12(15)8-11-19-14(2,3)4/h12,17H,5-11H2,1-4H3,(H2,16,18). The summed E-state index contributed by atoms with van der Waals surface area (Å²) in [6.45, 7) is 9.81. The number of hydrogen-bond donors (Lipinski definition) is 2. The Kier molecular flexibility index (Phi) is 5.81. The van der Waals surface area contributed by atoms with E-state index in [1.807, 2.05) is 0 Å². The minimum absolute atomic E-state index is 0.120. The SMILES string of the molecule is CCCNC1(C(N)=O)CCCC1CCOC(C)(C)C. The third kappa shape index (κ3) is 4.46. The molecule has 3 N–H and O–H groups in total. The molecule has 0 aromatic carbocycles. The predicted octanol–water partition coefficient (Wildman–Crippen LogP) is 2.22. The molecule has 1 fully saturated rings. The maximum atomic E-state index is 11.9. The quantitative estimate of drug-likeness (QED) is 0.745. The molecule has 0 spiro atoms. The first-order valence-electron chi connectivity index (χ1n) is 7.50. The Labute approximate surface area is 117 Å². The van der Waals surface area contributed by atoms with Gasteiger partial charge in [0.1, 0.15) is 5.54 Å². The average Bonchev–Trinajstić information content (AvgIpc) is 2.69. The molecule has 0 heterocycles. The van der Waals surface area contributed by atoms with Gasteiger partial charge in [0.25, 0.3) is 0 Å². The number of amides is 1. The maximum absolute atomic E-state index is 11.9. The topological polar surface area (TPSA) is 64.3 Å². The third-order valence-corrected chi connectivity index (χ3v) is 3.95. The molecule has 1 aliphatic rings. The Morgan fingerprint density at radius 1 is 1.47 bits per heavy atom. The van der Waals surface area contributed by atoms with E-state index in [1.54, 1.807) is 0 Å². The van der Waals surface area contributed by atoms with E-state index in [2.05, 4.69) is 33.0 Å². The van der Waals surface area contributed by atoms with Crippen molar-refractivity contribution < 1.29 is 9.53 Å². The van der Waals surface area contributed by atoms with Crippen LogP contribution in [0.25, 0.3) is 0 Å². The van der Waals surface area contributed by atoms with Crippen molar-refractivity contribution in [3.05, 3.63) is 0 Å². The minimum Gasteiger partial charge on any atom is -0.376 e. The van der Waals surface area contributed by atoms with Crippen LogP contribution in [0.2, 0.25) is 0 Å². The molecule has 1 amide bonds. The second-order valence-electron chi connectivity index (χ2n) is 6.60. The summed E-state index contributed by atoms with van der Waals surface area (Å²) in [6, 6.07) is 0. The lowest BCUT2D eigenvalue weighted by atomic mass is 9.84. The van der Waals surface area contributed by atoms with Gasteiger partial charge in [0.15, 0.2) is 0 Å². The number of ether oxygens (including phenoxy) is 1. The molecule has 112 valence electrons. The molecule has 0 aliphatic heterocycles. The van der Waals surface area contributed by atoms with E-state index in [0.717, 1.165) is 38.6 Å². The number of nitrogens with one attached hydrogen (secondary N) is 1. The number of carbonyl (C=O) groups excluding carboxylic acids is 1. The van der Waals surface area contributed by atoms with Crippen molar-refractivity contribution >= 4 is 5.91 Å². The van der Waals surface area contributed by atoms with Crippen LogP contribution in [0.5, 0.6) is 0 Å². The summed E-state index contributed by atoms with van der Waals surface area (Å²) in [5.41, 5.74) is 5.06. The van der Waals surface area contributed by atoms with Crippen LogP contribution >= 0.6 is 0 Å². The van der Waals surface area contributed by atoms with Crippen LogP contribution in [0.4, 0.5) is 0 Å². The van der Waals surface area contributed by atoms with E-state index in [0.29, 0.717) is 12.5 Å².